The molecule has 0 spiro atoms. The van der Waals surface area contributed by atoms with Crippen molar-refractivity contribution in [1.82, 2.24) is 5.32 Å². The smallest absolute Gasteiger partial charge is 0.223 e. The molecule has 15 heavy (non-hydrogen) atoms. The molecule has 0 aromatic carbocycles. The van der Waals surface area contributed by atoms with Crippen molar-refractivity contribution in [2.24, 2.45) is 11.8 Å². The van der Waals surface area contributed by atoms with E-state index in [-0.39, 0.29) is 0 Å². The lowest BCUT2D eigenvalue weighted by Gasteiger charge is -2.32. The van der Waals surface area contributed by atoms with Gasteiger partial charge in [0.15, 0.2) is 0 Å². The Balaban J connectivity index is 1.63. The van der Waals surface area contributed by atoms with Crippen molar-refractivity contribution >= 4 is 21.8 Å². The van der Waals surface area contributed by atoms with Gasteiger partial charge in [-0.1, -0.05) is 35.2 Å². The zero-order valence-corrected chi connectivity index (χ0v) is 10.8. The Kier molecular flexibility index (Phi) is 4.06. The molecule has 0 aromatic heterocycles. The van der Waals surface area contributed by atoms with Gasteiger partial charge in [0, 0.05) is 17.3 Å². The van der Waals surface area contributed by atoms with E-state index in [1.54, 1.807) is 0 Å². The zero-order valence-electron chi connectivity index (χ0n) is 9.18. The molecular formula is C12H20BrNO. The Bertz CT molecular complexity index is 220. The highest BCUT2D eigenvalue weighted by Crippen LogP contribution is 2.32. The van der Waals surface area contributed by atoms with E-state index < -0.39 is 0 Å². The van der Waals surface area contributed by atoms with Gasteiger partial charge in [-0.05, 0) is 31.6 Å². The van der Waals surface area contributed by atoms with Crippen LogP contribution < -0.4 is 5.32 Å². The summed E-state index contributed by atoms with van der Waals surface area (Å²) in [6.45, 7) is 0.900. The van der Waals surface area contributed by atoms with Crippen LogP contribution in [0.25, 0.3) is 0 Å². The minimum Gasteiger partial charge on any atom is -0.356 e. The van der Waals surface area contributed by atoms with Gasteiger partial charge >= 0.3 is 0 Å². The summed E-state index contributed by atoms with van der Waals surface area (Å²) in [6.07, 6.45) is 8.47. The predicted molar refractivity (Wildman–Crippen MR) is 65.0 cm³/mol. The Labute approximate surface area is 100 Å². The van der Waals surface area contributed by atoms with Crippen LogP contribution >= 0.6 is 15.9 Å². The summed E-state index contributed by atoms with van der Waals surface area (Å²) in [7, 11) is 0. The predicted octanol–water partition coefficient (Wildman–Crippen LogP) is 2.86. The van der Waals surface area contributed by atoms with Crippen LogP contribution in [-0.4, -0.2) is 17.3 Å². The van der Waals surface area contributed by atoms with Crippen LogP contribution in [0.1, 0.15) is 44.9 Å². The average Bonchev–Trinajstić information content (AvgIpc) is 2.23. The van der Waals surface area contributed by atoms with Gasteiger partial charge in [0.1, 0.15) is 0 Å². The minimum atomic E-state index is 0.313. The van der Waals surface area contributed by atoms with Crippen molar-refractivity contribution in [3.63, 3.8) is 0 Å². The van der Waals surface area contributed by atoms with Crippen LogP contribution in [0.5, 0.6) is 0 Å². The molecule has 0 aliphatic heterocycles. The van der Waals surface area contributed by atoms with Gasteiger partial charge in [0.2, 0.25) is 5.91 Å². The molecule has 1 N–H and O–H groups in total. The number of halogens is 1. The lowest BCUT2D eigenvalue weighted by Crippen LogP contribution is -2.39. The van der Waals surface area contributed by atoms with E-state index >= 15 is 0 Å². The standard InChI is InChI=1S/C12H20BrNO/c13-11-6-9(7-11)8-14-12(15)10-4-2-1-3-5-10/h9-11H,1-8H2,(H,14,15). The highest BCUT2D eigenvalue weighted by molar-refractivity contribution is 9.09. The maximum absolute atomic E-state index is 11.8. The van der Waals surface area contributed by atoms with Gasteiger partial charge in [-0.25, -0.2) is 0 Å². The van der Waals surface area contributed by atoms with Crippen LogP contribution in [0, 0.1) is 11.8 Å². The van der Waals surface area contributed by atoms with Crippen LogP contribution in [-0.2, 0) is 4.79 Å². The summed E-state index contributed by atoms with van der Waals surface area (Å²) in [6, 6.07) is 0. The summed E-state index contributed by atoms with van der Waals surface area (Å²) in [4.78, 5) is 12.5. The number of carbonyl (C=O) groups is 1. The van der Waals surface area contributed by atoms with E-state index in [1.807, 2.05) is 0 Å². The van der Waals surface area contributed by atoms with Crippen LogP contribution in [0.3, 0.4) is 0 Å². The molecule has 0 atom stereocenters. The molecule has 3 heteroatoms. The monoisotopic (exact) mass is 273 g/mol. The number of rotatable bonds is 3. The molecule has 2 rings (SSSR count). The third-order valence-electron chi connectivity index (χ3n) is 3.72. The van der Waals surface area contributed by atoms with Gasteiger partial charge in [0.25, 0.3) is 0 Å². The normalized spacial score (nSPS) is 32.1. The summed E-state index contributed by atoms with van der Waals surface area (Å²) in [5.74, 6) is 1.35. The number of carbonyl (C=O) groups excluding carboxylic acids is 1. The molecule has 2 aliphatic carbocycles. The Morgan fingerprint density at radius 2 is 1.87 bits per heavy atom. The highest BCUT2D eigenvalue weighted by atomic mass is 79.9. The Morgan fingerprint density at radius 3 is 2.47 bits per heavy atom. The van der Waals surface area contributed by atoms with Gasteiger partial charge < -0.3 is 5.32 Å². The largest absolute Gasteiger partial charge is 0.356 e. The summed E-state index contributed by atoms with van der Waals surface area (Å²) in [5, 5.41) is 3.12. The fraction of sp³-hybridized carbons (Fsp3) is 0.917. The second kappa shape index (κ2) is 5.33. The molecular weight excluding hydrogens is 254 g/mol. The molecule has 0 saturated heterocycles. The average molecular weight is 274 g/mol. The Hall–Kier alpha value is -0.0500. The SMILES string of the molecule is O=C(NCC1CC(Br)C1)C1CCCCC1. The number of nitrogens with one attached hydrogen (secondary N) is 1. The molecule has 0 heterocycles. The topological polar surface area (TPSA) is 29.1 Å². The third kappa shape index (κ3) is 3.20. The maximum Gasteiger partial charge on any atom is 0.223 e. The third-order valence-corrected chi connectivity index (χ3v) is 4.47. The van der Waals surface area contributed by atoms with Crippen molar-refractivity contribution in [3.8, 4) is 0 Å². The summed E-state index contributed by atoms with van der Waals surface area (Å²) >= 11 is 3.57. The van der Waals surface area contributed by atoms with E-state index in [2.05, 4.69) is 21.2 Å². The molecule has 0 bridgehead atoms. The van der Waals surface area contributed by atoms with E-state index in [0.29, 0.717) is 16.7 Å². The quantitative estimate of drug-likeness (QED) is 0.788. The lowest BCUT2D eigenvalue weighted by molar-refractivity contribution is -0.126. The summed E-state index contributed by atoms with van der Waals surface area (Å²) in [5.41, 5.74) is 0. The second-order valence-corrected chi connectivity index (χ2v) is 6.31. The summed E-state index contributed by atoms with van der Waals surface area (Å²) < 4.78 is 0. The second-order valence-electron chi connectivity index (χ2n) is 5.01. The first-order chi connectivity index (χ1) is 7.25. The number of amides is 1. The molecule has 1 amide bonds. The van der Waals surface area contributed by atoms with E-state index in [0.717, 1.165) is 25.3 Å². The lowest BCUT2D eigenvalue weighted by atomic mass is 9.84. The first kappa shape index (κ1) is 11.4. The Morgan fingerprint density at radius 1 is 1.20 bits per heavy atom. The van der Waals surface area contributed by atoms with Gasteiger partial charge in [-0.15, -0.1) is 0 Å². The fourth-order valence-corrected chi connectivity index (χ4v) is 3.63. The first-order valence-electron chi connectivity index (χ1n) is 6.17. The van der Waals surface area contributed by atoms with Gasteiger partial charge in [0.05, 0.1) is 0 Å². The molecule has 2 nitrogen and oxygen atoms in total. The van der Waals surface area contributed by atoms with Crippen LogP contribution in [0.15, 0.2) is 0 Å². The maximum atomic E-state index is 11.8. The number of hydrogen-bond acceptors (Lipinski definition) is 1. The van der Waals surface area contributed by atoms with E-state index in [1.165, 1.54) is 32.1 Å². The van der Waals surface area contributed by atoms with E-state index in [4.69, 9.17) is 0 Å². The number of alkyl halides is 1. The fourth-order valence-electron chi connectivity index (χ4n) is 2.58. The van der Waals surface area contributed by atoms with Crippen molar-refractivity contribution in [2.75, 3.05) is 6.54 Å². The molecule has 0 radical (unpaired) electrons. The van der Waals surface area contributed by atoms with Crippen LogP contribution in [0.4, 0.5) is 0 Å². The molecule has 0 unspecified atom stereocenters. The van der Waals surface area contributed by atoms with E-state index in [9.17, 15) is 4.79 Å². The molecule has 2 saturated carbocycles. The molecule has 2 aliphatic rings. The highest BCUT2D eigenvalue weighted by Gasteiger charge is 2.28. The van der Waals surface area contributed by atoms with Gasteiger partial charge in [-0.2, -0.15) is 0 Å². The first-order valence-corrected chi connectivity index (χ1v) is 7.09. The van der Waals surface area contributed by atoms with Crippen molar-refractivity contribution in [2.45, 2.75) is 49.8 Å². The molecule has 0 aromatic rings. The number of hydrogen-bond donors (Lipinski definition) is 1. The van der Waals surface area contributed by atoms with Crippen molar-refractivity contribution in [1.29, 1.82) is 0 Å². The molecule has 86 valence electrons. The minimum absolute atomic E-state index is 0.313. The zero-order chi connectivity index (χ0) is 10.7. The molecule has 2 fully saturated rings. The van der Waals surface area contributed by atoms with Crippen molar-refractivity contribution in [3.05, 3.63) is 0 Å². The van der Waals surface area contributed by atoms with Crippen molar-refractivity contribution < 1.29 is 4.79 Å². The van der Waals surface area contributed by atoms with Gasteiger partial charge in [-0.3, -0.25) is 4.79 Å². The van der Waals surface area contributed by atoms with Crippen LogP contribution in [0.2, 0.25) is 0 Å².